The third kappa shape index (κ3) is 3.87. The molecule has 0 spiro atoms. The second-order valence-corrected chi connectivity index (χ2v) is 3.89. The molecule has 0 bridgehead atoms. The topological polar surface area (TPSA) is 88.2 Å². The first kappa shape index (κ1) is 14.2. The van der Waals surface area contributed by atoms with Gasteiger partial charge in [0, 0.05) is 18.6 Å². The van der Waals surface area contributed by atoms with E-state index in [1.54, 1.807) is 7.05 Å². The number of nitro groups is 1. The highest BCUT2D eigenvalue weighted by molar-refractivity contribution is 6.32. The van der Waals surface area contributed by atoms with E-state index in [0.29, 0.717) is 18.8 Å². The fraction of sp³-hybridized carbons (Fsp3) is 0.364. The maximum absolute atomic E-state index is 10.6. The van der Waals surface area contributed by atoms with Crippen molar-refractivity contribution in [1.82, 2.24) is 5.32 Å². The van der Waals surface area contributed by atoms with Gasteiger partial charge in [0.05, 0.1) is 23.6 Å². The molecule has 0 aliphatic heterocycles. The summed E-state index contributed by atoms with van der Waals surface area (Å²) in [4.78, 5) is 9.99. The molecule has 1 unspecified atom stereocenters. The highest BCUT2D eigenvalue weighted by Gasteiger charge is 2.12. The Labute approximate surface area is 109 Å². The molecule has 1 aromatic rings. The predicted molar refractivity (Wildman–Crippen MR) is 66.7 cm³/mol. The van der Waals surface area contributed by atoms with Gasteiger partial charge in [-0.25, -0.2) is 0 Å². The van der Waals surface area contributed by atoms with Gasteiger partial charge in [0.2, 0.25) is 0 Å². The van der Waals surface area contributed by atoms with Crippen molar-refractivity contribution in [2.75, 3.05) is 13.7 Å². The largest absolute Gasteiger partial charge is 0.493 e. The summed E-state index contributed by atoms with van der Waals surface area (Å²) < 4.78 is 5.36. The van der Waals surface area contributed by atoms with Crippen LogP contribution in [0.15, 0.2) is 18.2 Å². The van der Waals surface area contributed by atoms with E-state index >= 15 is 0 Å². The van der Waals surface area contributed by atoms with E-state index in [2.05, 4.69) is 11.4 Å². The summed E-state index contributed by atoms with van der Waals surface area (Å²) in [5, 5.41) is 22.1. The normalized spacial score (nSPS) is 11.6. The Bertz CT molecular complexity index is 473. The number of benzene rings is 1. The summed E-state index contributed by atoms with van der Waals surface area (Å²) in [6.45, 7) is 0.327. The van der Waals surface area contributed by atoms with E-state index < -0.39 is 4.92 Å². The van der Waals surface area contributed by atoms with Crippen molar-refractivity contribution < 1.29 is 9.66 Å². The van der Waals surface area contributed by atoms with Crippen LogP contribution in [0.2, 0.25) is 5.02 Å². The number of hydrogen-bond donors (Lipinski definition) is 1. The zero-order valence-corrected chi connectivity index (χ0v) is 10.5. The zero-order chi connectivity index (χ0) is 13.5. The molecule has 0 aromatic heterocycles. The van der Waals surface area contributed by atoms with Gasteiger partial charge in [-0.1, -0.05) is 11.6 Å². The molecule has 0 heterocycles. The lowest BCUT2D eigenvalue weighted by Gasteiger charge is -2.09. The molecule has 1 atom stereocenters. The predicted octanol–water partition coefficient (Wildman–Crippen LogP) is 2.13. The molecule has 7 heteroatoms. The minimum atomic E-state index is -0.557. The number of nitrogens with zero attached hydrogens (tertiary/aromatic N) is 2. The number of hydrogen-bond acceptors (Lipinski definition) is 5. The molecule has 1 aromatic carbocycles. The number of nitriles is 1. The van der Waals surface area contributed by atoms with Crippen molar-refractivity contribution in [3.8, 4) is 11.8 Å². The Hall–Kier alpha value is -1.84. The van der Waals surface area contributed by atoms with Gasteiger partial charge in [-0.3, -0.25) is 10.1 Å². The first-order chi connectivity index (χ1) is 8.58. The molecule has 0 saturated carbocycles. The number of nitrogens with one attached hydrogen (secondary N) is 1. The summed E-state index contributed by atoms with van der Waals surface area (Å²) in [6, 6.07) is 5.94. The molecule has 96 valence electrons. The second-order valence-electron chi connectivity index (χ2n) is 3.48. The highest BCUT2D eigenvalue weighted by Crippen LogP contribution is 2.28. The van der Waals surface area contributed by atoms with E-state index in [9.17, 15) is 10.1 Å². The fourth-order valence-electron chi connectivity index (χ4n) is 1.29. The number of rotatable bonds is 6. The van der Waals surface area contributed by atoms with Crippen molar-refractivity contribution >= 4 is 17.3 Å². The number of nitro benzene ring substituents is 1. The van der Waals surface area contributed by atoms with E-state index in [-0.39, 0.29) is 16.8 Å². The minimum absolute atomic E-state index is 0.0305. The van der Waals surface area contributed by atoms with Crippen LogP contribution in [0.4, 0.5) is 5.69 Å². The molecule has 0 fully saturated rings. The van der Waals surface area contributed by atoms with Crippen LogP contribution < -0.4 is 10.1 Å². The molecule has 0 radical (unpaired) electrons. The number of ether oxygens (including phenoxy) is 1. The van der Waals surface area contributed by atoms with Crippen LogP contribution in [0.25, 0.3) is 0 Å². The number of halogens is 1. The molecular weight excluding hydrogens is 258 g/mol. The Balaban J connectivity index is 2.57. The van der Waals surface area contributed by atoms with Crippen LogP contribution in [-0.4, -0.2) is 24.6 Å². The Kier molecular flexibility index (Phi) is 5.36. The van der Waals surface area contributed by atoms with Crippen molar-refractivity contribution in [3.05, 3.63) is 33.3 Å². The Morgan fingerprint density at radius 2 is 2.39 bits per heavy atom. The van der Waals surface area contributed by atoms with Crippen molar-refractivity contribution in [2.24, 2.45) is 0 Å². The first-order valence-electron chi connectivity index (χ1n) is 5.22. The van der Waals surface area contributed by atoms with Crippen LogP contribution in [-0.2, 0) is 0 Å². The molecule has 0 aliphatic rings. The van der Waals surface area contributed by atoms with Crippen LogP contribution in [0, 0.1) is 21.4 Å². The summed E-state index contributed by atoms with van der Waals surface area (Å²) in [5.74, 6) is 0.443. The average Bonchev–Trinajstić information content (AvgIpc) is 2.34. The van der Waals surface area contributed by atoms with Crippen molar-refractivity contribution in [1.29, 1.82) is 5.26 Å². The SMILES string of the molecule is CNC(C#N)CCOc1ccc([N+](=O)[O-])c(Cl)c1. The monoisotopic (exact) mass is 269 g/mol. The van der Waals surface area contributed by atoms with Gasteiger partial charge < -0.3 is 10.1 Å². The van der Waals surface area contributed by atoms with Gasteiger partial charge in [-0.05, 0) is 13.1 Å². The summed E-state index contributed by atoms with van der Waals surface area (Å²) in [6.07, 6.45) is 0.515. The first-order valence-corrected chi connectivity index (χ1v) is 5.60. The molecule has 1 rings (SSSR count). The van der Waals surface area contributed by atoms with Crippen molar-refractivity contribution in [3.63, 3.8) is 0 Å². The molecule has 0 aliphatic carbocycles. The maximum atomic E-state index is 10.6. The second kappa shape index (κ2) is 6.79. The Morgan fingerprint density at radius 1 is 1.67 bits per heavy atom. The lowest BCUT2D eigenvalue weighted by molar-refractivity contribution is -0.384. The van der Waals surface area contributed by atoms with Crippen molar-refractivity contribution in [2.45, 2.75) is 12.5 Å². The maximum Gasteiger partial charge on any atom is 0.288 e. The molecule has 1 N–H and O–H groups in total. The smallest absolute Gasteiger partial charge is 0.288 e. The minimum Gasteiger partial charge on any atom is -0.493 e. The quantitative estimate of drug-likeness (QED) is 0.631. The van der Waals surface area contributed by atoms with E-state index in [4.69, 9.17) is 21.6 Å². The third-order valence-corrected chi connectivity index (χ3v) is 2.60. The average molecular weight is 270 g/mol. The standard InChI is InChI=1S/C11H12ClN3O3/c1-14-8(7-13)4-5-18-9-2-3-11(15(16)17)10(12)6-9/h2-3,6,8,14H,4-5H2,1H3. The van der Waals surface area contributed by atoms with Crippen LogP contribution in [0.5, 0.6) is 5.75 Å². The lowest BCUT2D eigenvalue weighted by atomic mass is 10.2. The van der Waals surface area contributed by atoms with E-state index in [1.807, 2.05) is 0 Å². The van der Waals surface area contributed by atoms with Gasteiger partial charge in [-0.2, -0.15) is 5.26 Å². The summed E-state index contributed by atoms with van der Waals surface area (Å²) in [7, 11) is 1.69. The summed E-state index contributed by atoms with van der Waals surface area (Å²) in [5.41, 5.74) is -0.158. The van der Waals surface area contributed by atoms with Gasteiger partial charge in [-0.15, -0.1) is 0 Å². The van der Waals surface area contributed by atoms with Gasteiger partial charge in [0.25, 0.3) is 5.69 Å². The van der Waals surface area contributed by atoms with Gasteiger partial charge in [0.15, 0.2) is 0 Å². The van der Waals surface area contributed by atoms with Crippen LogP contribution in [0.1, 0.15) is 6.42 Å². The van der Waals surface area contributed by atoms with Gasteiger partial charge >= 0.3 is 0 Å². The lowest BCUT2D eigenvalue weighted by Crippen LogP contribution is -2.25. The molecule has 6 nitrogen and oxygen atoms in total. The van der Waals surface area contributed by atoms with E-state index in [1.165, 1.54) is 18.2 Å². The fourth-order valence-corrected chi connectivity index (χ4v) is 1.53. The van der Waals surface area contributed by atoms with Crippen LogP contribution in [0.3, 0.4) is 0 Å². The van der Waals surface area contributed by atoms with E-state index in [0.717, 1.165) is 0 Å². The zero-order valence-electron chi connectivity index (χ0n) is 9.72. The Morgan fingerprint density at radius 3 is 2.89 bits per heavy atom. The molecule has 0 amide bonds. The molecule has 0 saturated heterocycles. The van der Waals surface area contributed by atoms with Crippen LogP contribution >= 0.6 is 11.6 Å². The van der Waals surface area contributed by atoms with Gasteiger partial charge in [0.1, 0.15) is 10.8 Å². The third-order valence-electron chi connectivity index (χ3n) is 2.30. The highest BCUT2D eigenvalue weighted by atomic mass is 35.5. The molecule has 18 heavy (non-hydrogen) atoms. The molecular formula is C11H12ClN3O3. The summed E-state index contributed by atoms with van der Waals surface area (Å²) >= 11 is 5.73.